The van der Waals surface area contributed by atoms with Crippen LogP contribution in [0.25, 0.3) is 0 Å². The van der Waals surface area contributed by atoms with Crippen LogP contribution in [0.3, 0.4) is 0 Å². The van der Waals surface area contributed by atoms with Crippen LogP contribution in [-0.2, 0) is 4.79 Å². The summed E-state index contributed by atoms with van der Waals surface area (Å²) >= 11 is 0. The van der Waals surface area contributed by atoms with E-state index < -0.39 is 6.04 Å². The Balaban J connectivity index is 1.89. The summed E-state index contributed by atoms with van der Waals surface area (Å²) in [4.78, 5) is 36.9. The molecule has 2 amide bonds. The molecule has 0 saturated carbocycles. The standard InChI is InChI=1S/C17H21N5O3/c1-3-15(23)22-10-4-9-21(17(24)13-5-7-18-8-6-13)11-14(22)16-19-12(2)20-25-16/h5-8,14H,3-4,9-11H2,1-2H3. The van der Waals surface area contributed by atoms with Crippen LogP contribution in [0.4, 0.5) is 0 Å². The topological polar surface area (TPSA) is 92.4 Å². The van der Waals surface area contributed by atoms with Crippen molar-refractivity contribution >= 4 is 11.8 Å². The molecule has 8 nitrogen and oxygen atoms in total. The van der Waals surface area contributed by atoms with Crippen molar-refractivity contribution in [2.45, 2.75) is 32.7 Å². The molecule has 1 aliphatic rings. The Bertz CT molecular complexity index is 746. The molecule has 0 radical (unpaired) electrons. The SMILES string of the molecule is CCC(=O)N1CCCN(C(=O)c2ccncc2)CC1c1nc(C)no1. The zero-order valence-corrected chi connectivity index (χ0v) is 14.4. The Labute approximate surface area is 145 Å². The summed E-state index contributed by atoms with van der Waals surface area (Å²) in [6.07, 6.45) is 4.28. The molecule has 2 aromatic heterocycles. The van der Waals surface area contributed by atoms with Gasteiger partial charge in [-0.1, -0.05) is 12.1 Å². The highest BCUT2D eigenvalue weighted by Crippen LogP contribution is 2.25. The second-order valence-electron chi connectivity index (χ2n) is 5.98. The molecule has 1 saturated heterocycles. The van der Waals surface area contributed by atoms with E-state index in [1.54, 1.807) is 41.2 Å². The Hall–Kier alpha value is -2.77. The fourth-order valence-corrected chi connectivity index (χ4v) is 3.01. The second-order valence-corrected chi connectivity index (χ2v) is 5.98. The van der Waals surface area contributed by atoms with Crippen molar-refractivity contribution in [3.05, 3.63) is 41.8 Å². The number of pyridine rings is 1. The predicted molar refractivity (Wildman–Crippen MR) is 88.5 cm³/mol. The van der Waals surface area contributed by atoms with Gasteiger partial charge < -0.3 is 14.3 Å². The van der Waals surface area contributed by atoms with E-state index in [9.17, 15) is 9.59 Å². The van der Waals surface area contributed by atoms with E-state index in [-0.39, 0.29) is 11.8 Å². The fourth-order valence-electron chi connectivity index (χ4n) is 3.01. The summed E-state index contributed by atoms with van der Waals surface area (Å²) in [5.41, 5.74) is 0.575. The van der Waals surface area contributed by atoms with Gasteiger partial charge in [-0.05, 0) is 25.5 Å². The average molecular weight is 343 g/mol. The smallest absolute Gasteiger partial charge is 0.254 e. The lowest BCUT2D eigenvalue weighted by atomic mass is 10.2. The summed E-state index contributed by atoms with van der Waals surface area (Å²) in [6, 6.07) is 2.95. The van der Waals surface area contributed by atoms with Crippen LogP contribution in [0.15, 0.2) is 29.0 Å². The van der Waals surface area contributed by atoms with Gasteiger partial charge in [0.1, 0.15) is 6.04 Å². The Morgan fingerprint density at radius 2 is 2.04 bits per heavy atom. The van der Waals surface area contributed by atoms with Gasteiger partial charge in [0.05, 0.1) is 6.54 Å². The Kier molecular flexibility index (Phi) is 5.06. The Morgan fingerprint density at radius 1 is 1.28 bits per heavy atom. The van der Waals surface area contributed by atoms with Gasteiger partial charge in [0.15, 0.2) is 5.82 Å². The van der Waals surface area contributed by atoms with E-state index in [1.807, 2.05) is 6.92 Å². The van der Waals surface area contributed by atoms with Crippen LogP contribution in [0.1, 0.15) is 47.9 Å². The lowest BCUT2D eigenvalue weighted by Gasteiger charge is -2.29. The normalized spacial score (nSPS) is 18.1. The lowest BCUT2D eigenvalue weighted by molar-refractivity contribution is -0.133. The molecule has 25 heavy (non-hydrogen) atoms. The van der Waals surface area contributed by atoms with Crippen molar-refractivity contribution in [3.63, 3.8) is 0 Å². The third kappa shape index (κ3) is 3.67. The minimum atomic E-state index is -0.429. The van der Waals surface area contributed by atoms with Gasteiger partial charge in [-0.3, -0.25) is 14.6 Å². The molecule has 3 heterocycles. The van der Waals surface area contributed by atoms with Crippen LogP contribution in [0.5, 0.6) is 0 Å². The molecule has 3 rings (SSSR count). The minimum absolute atomic E-state index is 0.0130. The molecule has 8 heteroatoms. The van der Waals surface area contributed by atoms with Gasteiger partial charge in [-0.2, -0.15) is 4.98 Å². The molecule has 0 aromatic carbocycles. The van der Waals surface area contributed by atoms with Crippen molar-refractivity contribution < 1.29 is 14.1 Å². The maximum absolute atomic E-state index is 12.8. The zero-order chi connectivity index (χ0) is 17.8. The second kappa shape index (κ2) is 7.42. The van der Waals surface area contributed by atoms with Gasteiger partial charge in [0.2, 0.25) is 5.91 Å². The maximum atomic E-state index is 12.8. The van der Waals surface area contributed by atoms with Crippen LogP contribution >= 0.6 is 0 Å². The molecule has 1 atom stereocenters. The Morgan fingerprint density at radius 3 is 2.68 bits per heavy atom. The lowest BCUT2D eigenvalue weighted by Crippen LogP contribution is -2.40. The van der Waals surface area contributed by atoms with Gasteiger partial charge in [0.25, 0.3) is 11.8 Å². The maximum Gasteiger partial charge on any atom is 0.254 e. The summed E-state index contributed by atoms with van der Waals surface area (Å²) in [5, 5.41) is 3.83. The molecule has 1 aliphatic heterocycles. The number of carbonyl (C=O) groups is 2. The number of aryl methyl sites for hydroxylation is 1. The van der Waals surface area contributed by atoms with E-state index >= 15 is 0 Å². The van der Waals surface area contributed by atoms with Crippen molar-refractivity contribution in [2.75, 3.05) is 19.6 Å². The molecular formula is C17H21N5O3. The third-order valence-electron chi connectivity index (χ3n) is 4.26. The molecule has 1 unspecified atom stereocenters. The van der Waals surface area contributed by atoms with E-state index in [0.717, 1.165) is 0 Å². The number of hydrogen-bond donors (Lipinski definition) is 0. The molecule has 0 N–H and O–H groups in total. The van der Waals surface area contributed by atoms with Gasteiger partial charge >= 0.3 is 0 Å². The average Bonchev–Trinajstić information content (AvgIpc) is 2.95. The first kappa shape index (κ1) is 17.1. The first-order valence-corrected chi connectivity index (χ1v) is 8.39. The van der Waals surface area contributed by atoms with Crippen molar-refractivity contribution in [1.82, 2.24) is 24.9 Å². The molecular weight excluding hydrogens is 322 g/mol. The fraction of sp³-hybridized carbons (Fsp3) is 0.471. The highest BCUT2D eigenvalue weighted by atomic mass is 16.5. The molecule has 2 aromatic rings. The van der Waals surface area contributed by atoms with E-state index in [0.29, 0.717) is 49.8 Å². The predicted octanol–water partition coefficient (Wildman–Crippen LogP) is 1.60. The van der Waals surface area contributed by atoms with Crippen molar-refractivity contribution in [2.24, 2.45) is 0 Å². The monoisotopic (exact) mass is 343 g/mol. The van der Waals surface area contributed by atoms with Gasteiger partial charge in [0, 0.05) is 37.5 Å². The van der Waals surface area contributed by atoms with Crippen molar-refractivity contribution in [3.8, 4) is 0 Å². The third-order valence-corrected chi connectivity index (χ3v) is 4.26. The van der Waals surface area contributed by atoms with Crippen LogP contribution < -0.4 is 0 Å². The molecule has 0 aliphatic carbocycles. The van der Waals surface area contributed by atoms with Crippen LogP contribution in [0, 0.1) is 6.92 Å². The van der Waals surface area contributed by atoms with E-state index in [2.05, 4.69) is 15.1 Å². The highest BCUT2D eigenvalue weighted by Gasteiger charge is 2.34. The molecule has 0 bridgehead atoms. The molecule has 1 fully saturated rings. The first-order valence-electron chi connectivity index (χ1n) is 8.39. The highest BCUT2D eigenvalue weighted by molar-refractivity contribution is 5.94. The largest absolute Gasteiger partial charge is 0.337 e. The zero-order valence-electron chi connectivity index (χ0n) is 14.4. The quantitative estimate of drug-likeness (QED) is 0.840. The van der Waals surface area contributed by atoms with Crippen LogP contribution in [-0.4, -0.2) is 56.4 Å². The minimum Gasteiger partial charge on any atom is -0.337 e. The molecule has 0 spiro atoms. The number of carbonyl (C=O) groups excluding carboxylic acids is 2. The summed E-state index contributed by atoms with van der Waals surface area (Å²) in [6.45, 7) is 5.00. The van der Waals surface area contributed by atoms with Crippen LogP contribution in [0.2, 0.25) is 0 Å². The molecule has 132 valence electrons. The number of nitrogens with zero attached hydrogens (tertiary/aromatic N) is 5. The number of aromatic nitrogens is 3. The first-order chi connectivity index (χ1) is 12.1. The summed E-state index contributed by atoms with van der Waals surface area (Å²) in [5.74, 6) is 0.803. The van der Waals surface area contributed by atoms with Gasteiger partial charge in [-0.15, -0.1) is 0 Å². The number of hydrogen-bond acceptors (Lipinski definition) is 6. The van der Waals surface area contributed by atoms with E-state index in [4.69, 9.17) is 4.52 Å². The number of amides is 2. The van der Waals surface area contributed by atoms with E-state index in [1.165, 1.54) is 0 Å². The van der Waals surface area contributed by atoms with Crippen molar-refractivity contribution in [1.29, 1.82) is 0 Å². The summed E-state index contributed by atoms with van der Waals surface area (Å²) in [7, 11) is 0. The number of rotatable bonds is 3. The van der Waals surface area contributed by atoms with Gasteiger partial charge in [-0.25, -0.2) is 0 Å². The summed E-state index contributed by atoms with van der Waals surface area (Å²) < 4.78 is 5.32.